The molecule has 0 bridgehead atoms. The van der Waals surface area contributed by atoms with Crippen molar-refractivity contribution in [1.82, 2.24) is 4.98 Å². The van der Waals surface area contributed by atoms with Crippen LogP contribution in [0.5, 0.6) is 0 Å². The number of halogens is 1. The molecule has 1 saturated heterocycles. The number of anilines is 1. The van der Waals surface area contributed by atoms with E-state index in [9.17, 15) is 0 Å². The summed E-state index contributed by atoms with van der Waals surface area (Å²) in [7, 11) is 0. The first kappa shape index (κ1) is 13.0. The van der Waals surface area contributed by atoms with Gasteiger partial charge in [-0.25, -0.2) is 4.98 Å². The molecule has 0 amide bonds. The van der Waals surface area contributed by atoms with Crippen LogP contribution in [0.25, 0.3) is 0 Å². The Kier molecular flexibility index (Phi) is 4.17. The Bertz CT molecular complexity index is 399. The first-order valence-electron chi connectivity index (χ1n) is 5.86. The summed E-state index contributed by atoms with van der Waals surface area (Å²) in [6.07, 6.45) is 1.82. The lowest BCUT2D eigenvalue weighted by Gasteiger charge is -2.38. The van der Waals surface area contributed by atoms with E-state index in [1.807, 2.05) is 24.0 Å². The van der Waals surface area contributed by atoms with Crippen molar-refractivity contribution < 1.29 is 0 Å². The van der Waals surface area contributed by atoms with E-state index in [0.29, 0.717) is 22.9 Å². The second kappa shape index (κ2) is 5.46. The van der Waals surface area contributed by atoms with Crippen molar-refractivity contribution in [3.8, 4) is 0 Å². The predicted molar refractivity (Wildman–Crippen MR) is 75.9 cm³/mol. The molecule has 0 aliphatic carbocycles. The fourth-order valence-corrected chi connectivity index (χ4v) is 3.42. The molecule has 2 heterocycles. The number of hydrogen-bond donors (Lipinski definition) is 1. The van der Waals surface area contributed by atoms with Gasteiger partial charge in [0.25, 0.3) is 0 Å². The smallest absolute Gasteiger partial charge is 0.147 e. The standard InChI is InChI=1S/C12H18ClN3S/c1-8-9(2)17-4-3-16(8)12-11(13)5-10(6-14)7-15-12/h5,7-9H,3-4,6,14H2,1-2H3. The van der Waals surface area contributed by atoms with E-state index in [0.717, 1.165) is 23.7 Å². The third-order valence-corrected chi connectivity index (χ3v) is 4.89. The van der Waals surface area contributed by atoms with Crippen molar-refractivity contribution in [3.63, 3.8) is 0 Å². The van der Waals surface area contributed by atoms with E-state index in [1.54, 1.807) is 0 Å². The second-order valence-electron chi connectivity index (χ2n) is 4.36. The van der Waals surface area contributed by atoms with E-state index in [1.165, 1.54) is 0 Å². The maximum absolute atomic E-state index is 6.29. The monoisotopic (exact) mass is 271 g/mol. The number of nitrogens with zero attached hydrogens (tertiary/aromatic N) is 2. The van der Waals surface area contributed by atoms with Gasteiger partial charge in [-0.15, -0.1) is 0 Å². The van der Waals surface area contributed by atoms with Crippen LogP contribution in [0.15, 0.2) is 12.3 Å². The molecule has 2 N–H and O–H groups in total. The summed E-state index contributed by atoms with van der Waals surface area (Å²) < 4.78 is 0. The Morgan fingerprint density at radius 1 is 1.59 bits per heavy atom. The minimum atomic E-state index is 0.461. The van der Waals surface area contributed by atoms with E-state index >= 15 is 0 Å². The van der Waals surface area contributed by atoms with Gasteiger partial charge in [0, 0.05) is 36.3 Å². The summed E-state index contributed by atoms with van der Waals surface area (Å²) in [6, 6.07) is 2.38. The first-order chi connectivity index (χ1) is 8.13. The average molecular weight is 272 g/mol. The lowest BCUT2D eigenvalue weighted by atomic mass is 10.2. The molecule has 0 saturated carbocycles. The highest BCUT2D eigenvalue weighted by molar-refractivity contribution is 8.00. The first-order valence-corrected chi connectivity index (χ1v) is 7.29. The molecule has 1 aromatic rings. The fraction of sp³-hybridized carbons (Fsp3) is 0.583. The van der Waals surface area contributed by atoms with Crippen LogP contribution >= 0.6 is 23.4 Å². The highest BCUT2D eigenvalue weighted by Crippen LogP contribution is 2.32. The molecule has 2 atom stereocenters. The van der Waals surface area contributed by atoms with Crippen molar-refractivity contribution in [1.29, 1.82) is 0 Å². The lowest BCUT2D eigenvalue weighted by Crippen LogP contribution is -2.45. The van der Waals surface area contributed by atoms with Crippen molar-refractivity contribution in [2.45, 2.75) is 31.7 Å². The lowest BCUT2D eigenvalue weighted by molar-refractivity contribution is 0.620. The Hall–Kier alpha value is -0.450. The van der Waals surface area contributed by atoms with E-state index in [2.05, 4.69) is 23.7 Å². The molecule has 1 fully saturated rings. The number of thioether (sulfide) groups is 1. The van der Waals surface area contributed by atoms with Crippen molar-refractivity contribution >= 4 is 29.2 Å². The second-order valence-corrected chi connectivity index (χ2v) is 6.26. The van der Waals surface area contributed by atoms with E-state index in [4.69, 9.17) is 17.3 Å². The molecule has 0 aromatic carbocycles. The highest BCUT2D eigenvalue weighted by atomic mass is 35.5. The van der Waals surface area contributed by atoms with Gasteiger partial charge in [-0.2, -0.15) is 11.8 Å². The molecule has 3 nitrogen and oxygen atoms in total. The Morgan fingerprint density at radius 3 is 3.00 bits per heavy atom. The number of rotatable bonds is 2. The number of hydrogen-bond acceptors (Lipinski definition) is 4. The summed E-state index contributed by atoms with van der Waals surface area (Å²) in [5.41, 5.74) is 6.56. The Balaban J connectivity index is 2.27. The summed E-state index contributed by atoms with van der Waals surface area (Å²) in [5.74, 6) is 2.02. The van der Waals surface area contributed by atoms with E-state index < -0.39 is 0 Å². The average Bonchev–Trinajstić information content (AvgIpc) is 2.33. The van der Waals surface area contributed by atoms with Gasteiger partial charge < -0.3 is 10.6 Å². The van der Waals surface area contributed by atoms with Crippen LogP contribution in [0, 0.1) is 0 Å². The maximum Gasteiger partial charge on any atom is 0.147 e. The Morgan fingerprint density at radius 2 is 2.35 bits per heavy atom. The summed E-state index contributed by atoms with van der Waals surface area (Å²) in [4.78, 5) is 6.76. The molecule has 1 aliphatic rings. The molecule has 0 spiro atoms. The van der Waals surface area contributed by atoms with Crippen LogP contribution in [0.3, 0.4) is 0 Å². The highest BCUT2D eigenvalue weighted by Gasteiger charge is 2.27. The molecular weight excluding hydrogens is 254 g/mol. The van der Waals surface area contributed by atoms with Crippen LogP contribution in [0.4, 0.5) is 5.82 Å². The molecule has 1 aliphatic heterocycles. The largest absolute Gasteiger partial charge is 0.351 e. The van der Waals surface area contributed by atoms with Gasteiger partial charge in [0.15, 0.2) is 0 Å². The minimum Gasteiger partial charge on any atom is -0.351 e. The van der Waals surface area contributed by atoms with Crippen molar-refractivity contribution in [3.05, 3.63) is 22.8 Å². The molecule has 0 radical (unpaired) electrons. The van der Waals surface area contributed by atoms with Crippen LogP contribution < -0.4 is 10.6 Å². The zero-order valence-corrected chi connectivity index (χ0v) is 11.8. The number of nitrogens with two attached hydrogens (primary N) is 1. The number of pyridine rings is 1. The summed E-state index contributed by atoms with van der Waals surface area (Å²) in [5, 5.41) is 1.31. The molecule has 2 unspecified atom stereocenters. The van der Waals surface area contributed by atoms with Crippen molar-refractivity contribution in [2.75, 3.05) is 17.2 Å². The molecule has 2 rings (SSSR count). The van der Waals surface area contributed by atoms with Gasteiger partial charge in [-0.1, -0.05) is 18.5 Å². The van der Waals surface area contributed by atoms with Crippen molar-refractivity contribution in [2.24, 2.45) is 5.73 Å². The molecule has 94 valence electrons. The maximum atomic E-state index is 6.29. The van der Waals surface area contributed by atoms with Gasteiger partial charge in [-0.3, -0.25) is 0 Å². The van der Waals surface area contributed by atoms with Crippen LogP contribution in [0.1, 0.15) is 19.4 Å². The zero-order valence-electron chi connectivity index (χ0n) is 10.2. The van der Waals surface area contributed by atoms with Crippen LogP contribution in [0.2, 0.25) is 5.02 Å². The molecule has 5 heteroatoms. The van der Waals surface area contributed by atoms with Crippen LogP contribution in [-0.4, -0.2) is 28.6 Å². The van der Waals surface area contributed by atoms with Gasteiger partial charge in [-0.05, 0) is 18.6 Å². The molecule has 1 aromatic heterocycles. The third kappa shape index (κ3) is 2.69. The van der Waals surface area contributed by atoms with Gasteiger partial charge in [0.1, 0.15) is 5.82 Å². The topological polar surface area (TPSA) is 42.2 Å². The molecular formula is C12H18ClN3S. The minimum absolute atomic E-state index is 0.461. The number of aromatic nitrogens is 1. The fourth-order valence-electron chi connectivity index (χ4n) is 2.03. The van der Waals surface area contributed by atoms with Crippen LogP contribution in [-0.2, 0) is 6.54 Å². The van der Waals surface area contributed by atoms with Gasteiger partial charge in [0.05, 0.1) is 5.02 Å². The quantitative estimate of drug-likeness (QED) is 0.898. The van der Waals surface area contributed by atoms with E-state index in [-0.39, 0.29) is 0 Å². The normalized spacial score (nSPS) is 25.1. The summed E-state index contributed by atoms with van der Waals surface area (Å²) in [6.45, 7) is 5.97. The third-order valence-electron chi connectivity index (χ3n) is 3.27. The summed E-state index contributed by atoms with van der Waals surface area (Å²) >= 11 is 8.29. The molecule has 17 heavy (non-hydrogen) atoms. The zero-order chi connectivity index (χ0) is 12.4. The predicted octanol–water partition coefficient (Wildman–Crippen LogP) is 2.52. The van der Waals surface area contributed by atoms with Gasteiger partial charge in [0.2, 0.25) is 0 Å². The Labute approximate surface area is 112 Å². The van der Waals surface area contributed by atoms with Gasteiger partial charge >= 0.3 is 0 Å². The SMILES string of the molecule is CC1SCCN(c2ncc(CN)cc2Cl)C1C.